The minimum atomic E-state index is 0.169. The van der Waals surface area contributed by atoms with Crippen molar-refractivity contribution in [1.29, 1.82) is 0 Å². The Morgan fingerprint density at radius 3 is 2.82 bits per heavy atom. The van der Waals surface area contributed by atoms with E-state index in [-0.39, 0.29) is 5.92 Å². The maximum atomic E-state index is 6.39. The van der Waals surface area contributed by atoms with Gasteiger partial charge < -0.3 is 9.09 Å². The van der Waals surface area contributed by atoms with E-state index in [0.29, 0.717) is 35.4 Å². The van der Waals surface area contributed by atoms with Gasteiger partial charge in [0.25, 0.3) is 5.89 Å². The highest BCUT2D eigenvalue weighted by Gasteiger charge is 2.28. The molecule has 9 heteroatoms. The molecule has 0 N–H and O–H groups in total. The van der Waals surface area contributed by atoms with Crippen molar-refractivity contribution in [2.24, 2.45) is 0 Å². The van der Waals surface area contributed by atoms with Gasteiger partial charge in [-0.25, -0.2) is 4.98 Å². The highest BCUT2D eigenvalue weighted by atomic mass is 35.5. The van der Waals surface area contributed by atoms with Crippen LogP contribution in [-0.4, -0.2) is 34.5 Å². The number of benzene rings is 1. The largest absolute Gasteiger partial charge is 0.332 e. The molecule has 6 rings (SSSR count). The predicted molar refractivity (Wildman–Crippen MR) is 123 cm³/mol. The number of hydrogen-bond donors (Lipinski definition) is 0. The van der Waals surface area contributed by atoms with E-state index in [1.165, 1.54) is 0 Å². The standard InChI is InChI=1S/C24H20ClN7O/c1-14(2)23-28-24(33-30-23)22-20-9-15-11-31(12-17-5-3-4-8-26-17)29-21(15)18-10-16(25)6-7-19(18)32(20)13-27-22/h3-8,10-11,13-14H,9,12H2,1-2H3. The summed E-state index contributed by atoms with van der Waals surface area (Å²) in [6.07, 6.45) is 6.26. The lowest BCUT2D eigenvalue weighted by atomic mass is 10.0. The quantitative estimate of drug-likeness (QED) is 0.373. The topological polar surface area (TPSA) is 87.5 Å². The van der Waals surface area contributed by atoms with Crippen LogP contribution in [0.15, 0.2) is 59.6 Å². The summed E-state index contributed by atoms with van der Waals surface area (Å²) in [4.78, 5) is 13.7. The monoisotopic (exact) mass is 457 g/mol. The van der Waals surface area contributed by atoms with Crippen molar-refractivity contribution in [3.8, 4) is 28.5 Å². The molecular formula is C24H20ClN7O. The van der Waals surface area contributed by atoms with Crippen molar-refractivity contribution >= 4 is 11.6 Å². The second-order valence-electron chi connectivity index (χ2n) is 8.38. The van der Waals surface area contributed by atoms with E-state index in [2.05, 4.69) is 30.9 Å². The van der Waals surface area contributed by atoms with E-state index in [4.69, 9.17) is 21.2 Å². The van der Waals surface area contributed by atoms with Crippen molar-refractivity contribution in [3.05, 3.63) is 82.9 Å². The van der Waals surface area contributed by atoms with E-state index in [1.54, 1.807) is 12.5 Å². The number of imidazole rings is 1. The van der Waals surface area contributed by atoms with Gasteiger partial charge in [0.1, 0.15) is 6.33 Å². The van der Waals surface area contributed by atoms with E-state index < -0.39 is 0 Å². The zero-order valence-electron chi connectivity index (χ0n) is 18.1. The van der Waals surface area contributed by atoms with Crippen LogP contribution in [0.5, 0.6) is 0 Å². The molecule has 33 heavy (non-hydrogen) atoms. The number of hydrogen-bond acceptors (Lipinski definition) is 6. The van der Waals surface area contributed by atoms with E-state index >= 15 is 0 Å². The van der Waals surface area contributed by atoms with E-state index in [9.17, 15) is 0 Å². The minimum Gasteiger partial charge on any atom is -0.332 e. The molecule has 0 aliphatic carbocycles. The number of rotatable bonds is 4. The summed E-state index contributed by atoms with van der Waals surface area (Å²) in [5.74, 6) is 1.26. The summed E-state index contributed by atoms with van der Waals surface area (Å²) in [6.45, 7) is 4.65. The molecule has 0 bridgehead atoms. The van der Waals surface area contributed by atoms with Gasteiger partial charge in [0, 0.05) is 40.9 Å². The highest BCUT2D eigenvalue weighted by molar-refractivity contribution is 6.31. The van der Waals surface area contributed by atoms with E-state index in [0.717, 1.165) is 33.9 Å². The molecule has 0 radical (unpaired) electrons. The van der Waals surface area contributed by atoms with Crippen LogP contribution in [0.4, 0.5) is 0 Å². The fourth-order valence-electron chi connectivity index (χ4n) is 4.14. The average molecular weight is 458 g/mol. The molecule has 0 saturated heterocycles. The van der Waals surface area contributed by atoms with Crippen molar-refractivity contribution in [2.45, 2.75) is 32.7 Å². The molecule has 164 valence electrons. The van der Waals surface area contributed by atoms with E-state index in [1.807, 2.05) is 54.9 Å². The Balaban J connectivity index is 1.50. The van der Waals surface area contributed by atoms with Crippen LogP contribution in [0.1, 0.15) is 42.5 Å². The Bertz CT molecular complexity index is 1470. The van der Waals surface area contributed by atoms with Gasteiger partial charge in [0.05, 0.1) is 29.3 Å². The van der Waals surface area contributed by atoms with Gasteiger partial charge in [-0.1, -0.05) is 36.7 Å². The molecule has 8 nitrogen and oxygen atoms in total. The Morgan fingerprint density at radius 1 is 1.12 bits per heavy atom. The summed E-state index contributed by atoms with van der Waals surface area (Å²) >= 11 is 6.39. The molecule has 5 aromatic rings. The third-order valence-corrected chi connectivity index (χ3v) is 5.98. The maximum Gasteiger partial charge on any atom is 0.278 e. The molecule has 1 aliphatic heterocycles. The van der Waals surface area contributed by atoms with Crippen molar-refractivity contribution in [2.75, 3.05) is 0 Å². The lowest BCUT2D eigenvalue weighted by molar-refractivity contribution is 0.418. The van der Waals surface area contributed by atoms with Gasteiger partial charge in [-0.15, -0.1) is 0 Å². The fourth-order valence-corrected chi connectivity index (χ4v) is 4.31. The summed E-state index contributed by atoms with van der Waals surface area (Å²) in [6, 6.07) is 11.7. The second-order valence-corrected chi connectivity index (χ2v) is 8.82. The zero-order valence-corrected chi connectivity index (χ0v) is 18.9. The fraction of sp³-hybridized carbons (Fsp3) is 0.208. The molecule has 4 aromatic heterocycles. The Labute approximate surface area is 194 Å². The van der Waals surface area contributed by atoms with Crippen LogP contribution in [0, 0.1) is 0 Å². The van der Waals surface area contributed by atoms with Gasteiger partial charge in [0.2, 0.25) is 0 Å². The molecular weight excluding hydrogens is 438 g/mol. The van der Waals surface area contributed by atoms with Crippen LogP contribution in [-0.2, 0) is 13.0 Å². The summed E-state index contributed by atoms with van der Waals surface area (Å²) in [7, 11) is 0. The number of nitrogens with zero attached hydrogens (tertiary/aromatic N) is 7. The Kier molecular flexibility index (Phi) is 4.62. The molecule has 0 spiro atoms. The van der Waals surface area contributed by atoms with Gasteiger partial charge in [-0.2, -0.15) is 10.1 Å². The number of pyridine rings is 1. The van der Waals surface area contributed by atoms with Crippen LogP contribution in [0.3, 0.4) is 0 Å². The molecule has 0 atom stereocenters. The third-order valence-electron chi connectivity index (χ3n) is 5.75. The van der Waals surface area contributed by atoms with Gasteiger partial charge >= 0.3 is 0 Å². The van der Waals surface area contributed by atoms with Crippen LogP contribution < -0.4 is 0 Å². The lowest BCUT2D eigenvalue weighted by Crippen LogP contribution is -2.04. The van der Waals surface area contributed by atoms with Crippen LogP contribution in [0.2, 0.25) is 5.02 Å². The molecule has 0 amide bonds. The van der Waals surface area contributed by atoms with Crippen molar-refractivity contribution in [3.63, 3.8) is 0 Å². The molecule has 0 unspecified atom stereocenters. The first-order valence-electron chi connectivity index (χ1n) is 10.7. The van der Waals surface area contributed by atoms with Crippen molar-refractivity contribution in [1.82, 2.24) is 34.5 Å². The van der Waals surface area contributed by atoms with Crippen LogP contribution >= 0.6 is 11.6 Å². The number of aromatic nitrogens is 7. The summed E-state index contributed by atoms with van der Waals surface area (Å²) in [5.41, 5.74) is 6.46. The number of halogens is 1. The average Bonchev–Trinajstić information content (AvgIpc) is 3.52. The molecule has 5 heterocycles. The van der Waals surface area contributed by atoms with Crippen molar-refractivity contribution < 1.29 is 4.52 Å². The SMILES string of the molecule is CC(C)c1noc(-c2ncn3c2Cc2cn(Cc4ccccn4)nc2-c2cc(Cl)ccc2-3)n1. The Morgan fingerprint density at radius 2 is 2.03 bits per heavy atom. The molecule has 1 aromatic carbocycles. The highest BCUT2D eigenvalue weighted by Crippen LogP contribution is 2.38. The first-order chi connectivity index (χ1) is 16.1. The molecule has 0 saturated carbocycles. The van der Waals surface area contributed by atoms with Gasteiger partial charge in [-0.05, 0) is 30.3 Å². The van der Waals surface area contributed by atoms with Crippen LogP contribution in [0.25, 0.3) is 28.5 Å². The first kappa shape index (κ1) is 19.9. The zero-order chi connectivity index (χ0) is 22.5. The first-order valence-corrected chi connectivity index (χ1v) is 11.1. The lowest BCUT2D eigenvalue weighted by Gasteiger charge is -2.10. The van der Waals surface area contributed by atoms with Gasteiger partial charge in [0.15, 0.2) is 11.5 Å². The normalized spacial score (nSPS) is 12.4. The summed E-state index contributed by atoms with van der Waals surface area (Å²) < 4.78 is 9.55. The second kappa shape index (κ2) is 7.67. The minimum absolute atomic E-state index is 0.169. The molecule has 0 fully saturated rings. The maximum absolute atomic E-state index is 6.39. The van der Waals surface area contributed by atoms with Gasteiger partial charge in [-0.3, -0.25) is 9.67 Å². The number of fused-ring (bicyclic) bond motifs is 5. The predicted octanol–water partition coefficient (Wildman–Crippen LogP) is 4.91. The Hall–Kier alpha value is -3.78. The summed E-state index contributed by atoms with van der Waals surface area (Å²) in [5, 5.41) is 9.69. The smallest absolute Gasteiger partial charge is 0.278 e. The molecule has 1 aliphatic rings. The third kappa shape index (κ3) is 3.43.